The Balaban J connectivity index is 2.91. The molecule has 0 aliphatic carbocycles. The summed E-state index contributed by atoms with van der Waals surface area (Å²) >= 11 is 0. The van der Waals surface area contributed by atoms with Crippen molar-refractivity contribution < 1.29 is 4.79 Å². The van der Waals surface area contributed by atoms with Gasteiger partial charge in [0.1, 0.15) is 6.29 Å². The van der Waals surface area contributed by atoms with E-state index in [1.165, 1.54) is 38.5 Å². The van der Waals surface area contributed by atoms with Crippen LogP contribution < -0.4 is 0 Å². The maximum Gasteiger partial charge on any atom is 0.119 e. The number of hydrogen-bond acceptors (Lipinski definition) is 1. The summed E-state index contributed by atoms with van der Waals surface area (Å²) in [6, 6.07) is 0. The molecule has 0 saturated carbocycles. The summed E-state index contributed by atoms with van der Waals surface area (Å²) in [5.41, 5.74) is 0. The molecule has 0 aromatic rings. The highest BCUT2D eigenvalue weighted by molar-refractivity contribution is 5.48. The maximum absolute atomic E-state index is 10.0. The summed E-state index contributed by atoms with van der Waals surface area (Å²) in [5.74, 6) is 0. The Hall–Kier alpha value is -0.590. The Morgan fingerprint density at radius 1 is 0.786 bits per heavy atom. The molecule has 82 valence electrons. The normalized spacial score (nSPS) is 10.9. The minimum absolute atomic E-state index is 0.749. The third kappa shape index (κ3) is 11.4. The minimum atomic E-state index is 0.749. The first-order valence-corrected chi connectivity index (χ1v) is 6.00. The van der Waals surface area contributed by atoms with Crippen LogP contribution >= 0.6 is 0 Å². The van der Waals surface area contributed by atoms with E-state index in [4.69, 9.17) is 0 Å². The zero-order valence-corrected chi connectivity index (χ0v) is 9.50. The molecule has 0 bridgehead atoms. The van der Waals surface area contributed by atoms with Gasteiger partial charge in [-0.2, -0.15) is 0 Å². The molecule has 0 rings (SSSR count). The third-order valence-electron chi connectivity index (χ3n) is 2.35. The van der Waals surface area contributed by atoms with Crippen molar-refractivity contribution in [2.45, 2.75) is 64.7 Å². The highest BCUT2D eigenvalue weighted by Gasteiger charge is 1.89. The van der Waals surface area contributed by atoms with Crippen molar-refractivity contribution in [1.82, 2.24) is 0 Å². The summed E-state index contributed by atoms with van der Waals surface area (Å²) in [7, 11) is 0. The fourth-order valence-corrected chi connectivity index (χ4v) is 1.48. The van der Waals surface area contributed by atoms with Crippen molar-refractivity contribution >= 4 is 6.29 Å². The number of carbonyl (C=O) groups excluding carboxylic acids is 1. The molecule has 0 unspecified atom stereocenters. The largest absolute Gasteiger partial charge is 0.303 e. The van der Waals surface area contributed by atoms with Crippen LogP contribution in [0.5, 0.6) is 0 Å². The lowest BCUT2D eigenvalue weighted by Gasteiger charge is -1.98. The summed E-state index contributed by atoms with van der Waals surface area (Å²) in [5, 5.41) is 0. The second-order valence-electron chi connectivity index (χ2n) is 3.74. The summed E-state index contributed by atoms with van der Waals surface area (Å²) in [6.07, 6.45) is 16.3. The minimum Gasteiger partial charge on any atom is -0.303 e. The number of rotatable bonds is 10. The molecular weight excluding hydrogens is 172 g/mol. The van der Waals surface area contributed by atoms with Crippen LogP contribution in [0.25, 0.3) is 0 Å². The molecule has 0 spiro atoms. The van der Waals surface area contributed by atoms with Crippen LogP contribution in [-0.4, -0.2) is 6.29 Å². The SMILES string of the molecule is CC/C=C\CCCCCCCCC=O. The Kier molecular flexibility index (Phi) is 11.9. The number of unbranched alkanes of at least 4 members (excludes halogenated alkanes) is 7. The monoisotopic (exact) mass is 196 g/mol. The standard InChI is InChI=1S/C13H24O/c1-2-3-4-5-6-7-8-9-10-11-12-13-14/h3-4,13H,2,5-12H2,1H3/b4-3-. The van der Waals surface area contributed by atoms with Crippen LogP contribution in [0.15, 0.2) is 12.2 Å². The van der Waals surface area contributed by atoms with Crippen molar-refractivity contribution in [2.75, 3.05) is 0 Å². The lowest BCUT2D eigenvalue weighted by Crippen LogP contribution is -1.80. The van der Waals surface area contributed by atoms with Gasteiger partial charge in [0.15, 0.2) is 0 Å². The molecule has 14 heavy (non-hydrogen) atoms. The van der Waals surface area contributed by atoms with E-state index >= 15 is 0 Å². The molecule has 0 aromatic heterocycles. The van der Waals surface area contributed by atoms with E-state index in [0.717, 1.165) is 25.5 Å². The zero-order chi connectivity index (χ0) is 10.5. The molecule has 0 amide bonds. The van der Waals surface area contributed by atoms with Gasteiger partial charge < -0.3 is 4.79 Å². The fraction of sp³-hybridized carbons (Fsp3) is 0.769. The molecule has 0 N–H and O–H groups in total. The lowest BCUT2D eigenvalue weighted by molar-refractivity contribution is -0.107. The molecule has 1 nitrogen and oxygen atoms in total. The zero-order valence-electron chi connectivity index (χ0n) is 9.50. The van der Waals surface area contributed by atoms with Crippen LogP contribution in [-0.2, 0) is 4.79 Å². The molecule has 0 aromatic carbocycles. The van der Waals surface area contributed by atoms with Crippen molar-refractivity contribution in [3.63, 3.8) is 0 Å². The first kappa shape index (κ1) is 13.4. The second kappa shape index (κ2) is 12.4. The van der Waals surface area contributed by atoms with Gasteiger partial charge in [0.25, 0.3) is 0 Å². The Labute approximate surface area is 88.6 Å². The van der Waals surface area contributed by atoms with Gasteiger partial charge in [-0.25, -0.2) is 0 Å². The molecule has 0 heterocycles. The number of allylic oxidation sites excluding steroid dienone is 2. The average Bonchev–Trinajstić information content (AvgIpc) is 2.21. The van der Waals surface area contributed by atoms with Gasteiger partial charge in [0, 0.05) is 6.42 Å². The Morgan fingerprint density at radius 3 is 1.93 bits per heavy atom. The van der Waals surface area contributed by atoms with E-state index in [9.17, 15) is 4.79 Å². The topological polar surface area (TPSA) is 17.1 Å². The van der Waals surface area contributed by atoms with Gasteiger partial charge in [-0.15, -0.1) is 0 Å². The first-order valence-electron chi connectivity index (χ1n) is 6.00. The van der Waals surface area contributed by atoms with Crippen LogP contribution in [0, 0.1) is 0 Å². The van der Waals surface area contributed by atoms with E-state index in [-0.39, 0.29) is 0 Å². The first-order chi connectivity index (χ1) is 6.91. The van der Waals surface area contributed by atoms with Crippen LogP contribution in [0.3, 0.4) is 0 Å². The van der Waals surface area contributed by atoms with Crippen molar-refractivity contribution in [1.29, 1.82) is 0 Å². The predicted molar refractivity (Wildman–Crippen MR) is 62.4 cm³/mol. The third-order valence-corrected chi connectivity index (χ3v) is 2.35. The van der Waals surface area contributed by atoms with Gasteiger partial charge >= 0.3 is 0 Å². The van der Waals surface area contributed by atoms with Gasteiger partial charge in [-0.05, 0) is 25.7 Å². The molecule has 0 aliphatic rings. The van der Waals surface area contributed by atoms with Crippen LogP contribution in [0.2, 0.25) is 0 Å². The van der Waals surface area contributed by atoms with Crippen molar-refractivity contribution in [2.24, 2.45) is 0 Å². The van der Waals surface area contributed by atoms with Crippen LogP contribution in [0.4, 0.5) is 0 Å². The Bertz CT molecular complexity index is 138. The van der Waals surface area contributed by atoms with E-state index in [1.807, 2.05) is 0 Å². The summed E-state index contributed by atoms with van der Waals surface area (Å²) < 4.78 is 0. The van der Waals surface area contributed by atoms with Gasteiger partial charge in [0.2, 0.25) is 0 Å². The molecule has 0 radical (unpaired) electrons. The molecule has 1 heteroatoms. The Morgan fingerprint density at radius 2 is 1.36 bits per heavy atom. The highest BCUT2D eigenvalue weighted by atomic mass is 16.1. The molecular formula is C13H24O. The molecule has 0 aliphatic heterocycles. The van der Waals surface area contributed by atoms with Crippen molar-refractivity contribution in [3.05, 3.63) is 12.2 Å². The van der Waals surface area contributed by atoms with Gasteiger partial charge in [-0.1, -0.05) is 44.8 Å². The van der Waals surface area contributed by atoms with Gasteiger partial charge in [-0.3, -0.25) is 0 Å². The number of aldehydes is 1. The average molecular weight is 196 g/mol. The summed E-state index contributed by atoms with van der Waals surface area (Å²) in [6.45, 7) is 2.17. The smallest absolute Gasteiger partial charge is 0.119 e. The van der Waals surface area contributed by atoms with E-state index in [0.29, 0.717) is 0 Å². The molecule has 0 atom stereocenters. The van der Waals surface area contributed by atoms with E-state index < -0.39 is 0 Å². The van der Waals surface area contributed by atoms with E-state index in [1.54, 1.807) is 0 Å². The number of hydrogen-bond donors (Lipinski definition) is 0. The molecule has 0 fully saturated rings. The van der Waals surface area contributed by atoms with Crippen molar-refractivity contribution in [3.8, 4) is 0 Å². The van der Waals surface area contributed by atoms with E-state index in [2.05, 4.69) is 19.1 Å². The number of carbonyl (C=O) groups is 1. The fourth-order valence-electron chi connectivity index (χ4n) is 1.48. The predicted octanol–water partition coefficient (Wildman–Crippen LogP) is 4.27. The maximum atomic E-state index is 10.0. The lowest BCUT2D eigenvalue weighted by atomic mass is 10.1. The quantitative estimate of drug-likeness (QED) is 0.290. The van der Waals surface area contributed by atoms with Gasteiger partial charge in [0.05, 0.1) is 0 Å². The summed E-state index contributed by atoms with van der Waals surface area (Å²) in [4.78, 5) is 10.0. The second-order valence-corrected chi connectivity index (χ2v) is 3.74. The highest BCUT2D eigenvalue weighted by Crippen LogP contribution is 2.08. The van der Waals surface area contributed by atoms with Crippen LogP contribution in [0.1, 0.15) is 64.7 Å². The molecule has 0 saturated heterocycles.